The van der Waals surface area contributed by atoms with Gasteiger partial charge in [-0.3, -0.25) is 0 Å². The van der Waals surface area contributed by atoms with Crippen LogP contribution in [0.4, 0.5) is 4.39 Å². The summed E-state index contributed by atoms with van der Waals surface area (Å²) in [5.41, 5.74) is 0.679. The first-order valence-corrected chi connectivity index (χ1v) is 6.55. The van der Waals surface area contributed by atoms with Gasteiger partial charge >= 0.3 is 0 Å². The van der Waals surface area contributed by atoms with E-state index in [1.165, 1.54) is 6.07 Å². The molecule has 1 aromatic heterocycles. The molecule has 1 unspecified atom stereocenters. The minimum absolute atomic E-state index is 0.0454. The molecular formula is C13H14BrFN2O. The van der Waals surface area contributed by atoms with Crippen LogP contribution in [0.5, 0.6) is 0 Å². The first-order chi connectivity index (χ1) is 8.61. The smallest absolute Gasteiger partial charge is 0.211 e. The van der Waals surface area contributed by atoms with Crippen LogP contribution in [-0.4, -0.2) is 11.5 Å². The molecule has 2 rings (SSSR count). The molecule has 18 heavy (non-hydrogen) atoms. The molecule has 0 bridgehead atoms. The van der Waals surface area contributed by atoms with Crippen LogP contribution in [0.25, 0.3) is 11.3 Å². The first kappa shape index (κ1) is 13.2. The average Bonchev–Trinajstić information content (AvgIpc) is 2.82. The molecule has 1 aromatic carbocycles. The second kappa shape index (κ2) is 5.63. The lowest BCUT2D eigenvalue weighted by Crippen LogP contribution is -2.17. The molecule has 0 spiro atoms. The third-order valence-electron chi connectivity index (χ3n) is 2.61. The van der Waals surface area contributed by atoms with Crippen molar-refractivity contribution >= 4 is 15.9 Å². The van der Waals surface area contributed by atoms with E-state index in [1.54, 1.807) is 18.3 Å². The maximum Gasteiger partial charge on any atom is 0.211 e. The van der Waals surface area contributed by atoms with Gasteiger partial charge in [0.1, 0.15) is 5.82 Å². The maximum absolute atomic E-state index is 13.4. The lowest BCUT2D eigenvalue weighted by Gasteiger charge is -2.06. The van der Waals surface area contributed by atoms with E-state index in [2.05, 4.69) is 26.2 Å². The number of hydrogen-bond acceptors (Lipinski definition) is 3. The van der Waals surface area contributed by atoms with Crippen molar-refractivity contribution in [1.29, 1.82) is 0 Å². The Morgan fingerprint density at radius 2 is 2.28 bits per heavy atom. The number of nitrogens with zero attached hydrogens (tertiary/aromatic N) is 1. The molecule has 5 heteroatoms. The van der Waals surface area contributed by atoms with Crippen molar-refractivity contribution in [1.82, 2.24) is 10.3 Å². The Kier molecular flexibility index (Phi) is 4.14. The average molecular weight is 313 g/mol. The fourth-order valence-electron chi connectivity index (χ4n) is 1.66. The highest BCUT2D eigenvalue weighted by Gasteiger charge is 2.13. The number of benzene rings is 1. The van der Waals surface area contributed by atoms with E-state index in [0.717, 1.165) is 6.54 Å². The van der Waals surface area contributed by atoms with Crippen molar-refractivity contribution in [2.75, 3.05) is 6.54 Å². The van der Waals surface area contributed by atoms with Crippen LogP contribution in [0, 0.1) is 5.82 Å². The van der Waals surface area contributed by atoms with Gasteiger partial charge in [0.05, 0.1) is 16.7 Å². The van der Waals surface area contributed by atoms with Crippen LogP contribution in [0.3, 0.4) is 0 Å². The Bertz CT molecular complexity index is 542. The molecular weight excluding hydrogens is 299 g/mol. The Balaban J connectivity index is 2.26. The van der Waals surface area contributed by atoms with Crippen molar-refractivity contribution in [2.24, 2.45) is 0 Å². The zero-order chi connectivity index (χ0) is 13.1. The normalized spacial score (nSPS) is 12.7. The van der Waals surface area contributed by atoms with E-state index in [0.29, 0.717) is 21.7 Å². The second-order valence-corrected chi connectivity index (χ2v) is 4.83. The number of hydrogen-bond donors (Lipinski definition) is 1. The Morgan fingerprint density at radius 1 is 1.50 bits per heavy atom. The molecule has 1 atom stereocenters. The van der Waals surface area contributed by atoms with Crippen LogP contribution < -0.4 is 5.32 Å². The molecule has 0 radical (unpaired) electrons. The molecule has 0 aliphatic carbocycles. The summed E-state index contributed by atoms with van der Waals surface area (Å²) in [6.07, 6.45) is 1.62. The van der Waals surface area contributed by atoms with E-state index < -0.39 is 0 Å². The van der Waals surface area contributed by atoms with Crippen LogP contribution in [-0.2, 0) is 0 Å². The number of rotatable bonds is 4. The van der Waals surface area contributed by atoms with E-state index in [9.17, 15) is 4.39 Å². The van der Waals surface area contributed by atoms with Crippen molar-refractivity contribution in [3.05, 3.63) is 40.6 Å². The fraction of sp³-hybridized carbons (Fsp3) is 0.308. The predicted molar refractivity (Wildman–Crippen MR) is 71.7 cm³/mol. The number of halogens is 2. The lowest BCUT2D eigenvalue weighted by atomic mass is 10.2. The SMILES string of the molecule is CCNC(C)c1ncc(-c2ccc(Br)c(F)c2)o1. The summed E-state index contributed by atoms with van der Waals surface area (Å²) in [5.74, 6) is 0.863. The van der Waals surface area contributed by atoms with Gasteiger partial charge in [0, 0.05) is 5.56 Å². The van der Waals surface area contributed by atoms with Gasteiger partial charge in [-0.15, -0.1) is 0 Å². The third-order valence-corrected chi connectivity index (χ3v) is 3.25. The third kappa shape index (κ3) is 2.79. The van der Waals surface area contributed by atoms with Crippen LogP contribution in [0.15, 0.2) is 33.3 Å². The molecule has 2 aromatic rings. The molecule has 1 N–H and O–H groups in total. The van der Waals surface area contributed by atoms with E-state index in [-0.39, 0.29) is 11.9 Å². The molecule has 0 amide bonds. The summed E-state index contributed by atoms with van der Waals surface area (Å²) in [5, 5.41) is 3.21. The van der Waals surface area contributed by atoms with Crippen molar-refractivity contribution in [3.8, 4) is 11.3 Å². The summed E-state index contributed by atoms with van der Waals surface area (Å²) < 4.78 is 19.5. The minimum Gasteiger partial charge on any atom is -0.439 e. The first-order valence-electron chi connectivity index (χ1n) is 5.76. The van der Waals surface area contributed by atoms with Gasteiger partial charge in [0.25, 0.3) is 0 Å². The molecule has 0 saturated heterocycles. The van der Waals surface area contributed by atoms with Crippen molar-refractivity contribution in [2.45, 2.75) is 19.9 Å². The number of aromatic nitrogens is 1. The zero-order valence-electron chi connectivity index (χ0n) is 10.2. The monoisotopic (exact) mass is 312 g/mol. The molecule has 96 valence electrons. The van der Waals surface area contributed by atoms with Crippen LogP contribution in [0.1, 0.15) is 25.8 Å². The molecule has 1 heterocycles. The topological polar surface area (TPSA) is 38.1 Å². The molecule has 3 nitrogen and oxygen atoms in total. The van der Waals surface area contributed by atoms with Gasteiger partial charge in [-0.05, 0) is 47.6 Å². The van der Waals surface area contributed by atoms with E-state index in [4.69, 9.17) is 4.42 Å². The standard InChI is InChI=1S/C13H14BrFN2O/c1-3-16-8(2)13-17-7-12(18-13)9-4-5-10(14)11(15)6-9/h4-8,16H,3H2,1-2H3. The van der Waals surface area contributed by atoms with Gasteiger partial charge in [-0.2, -0.15) is 0 Å². The molecule has 0 saturated carbocycles. The van der Waals surface area contributed by atoms with Crippen molar-refractivity contribution < 1.29 is 8.81 Å². The molecule has 0 aliphatic rings. The largest absolute Gasteiger partial charge is 0.439 e. The quantitative estimate of drug-likeness (QED) is 0.930. The molecule has 0 aliphatic heterocycles. The van der Waals surface area contributed by atoms with Gasteiger partial charge in [-0.25, -0.2) is 9.37 Å². The highest BCUT2D eigenvalue weighted by Crippen LogP contribution is 2.26. The number of nitrogens with one attached hydrogen (secondary N) is 1. The zero-order valence-corrected chi connectivity index (χ0v) is 11.8. The second-order valence-electron chi connectivity index (χ2n) is 3.97. The van der Waals surface area contributed by atoms with Crippen LogP contribution in [0.2, 0.25) is 0 Å². The van der Waals surface area contributed by atoms with Gasteiger partial charge in [0.2, 0.25) is 5.89 Å². The summed E-state index contributed by atoms with van der Waals surface area (Å²) in [4.78, 5) is 4.20. The highest BCUT2D eigenvalue weighted by molar-refractivity contribution is 9.10. The van der Waals surface area contributed by atoms with Crippen LogP contribution >= 0.6 is 15.9 Å². The summed E-state index contributed by atoms with van der Waals surface area (Å²) >= 11 is 3.12. The lowest BCUT2D eigenvalue weighted by molar-refractivity contribution is 0.429. The fourth-order valence-corrected chi connectivity index (χ4v) is 1.91. The van der Waals surface area contributed by atoms with Gasteiger partial charge in [0.15, 0.2) is 5.76 Å². The summed E-state index contributed by atoms with van der Waals surface area (Å²) in [6, 6.07) is 4.91. The van der Waals surface area contributed by atoms with Gasteiger partial charge in [-0.1, -0.05) is 6.92 Å². The Morgan fingerprint density at radius 3 is 2.94 bits per heavy atom. The van der Waals surface area contributed by atoms with Gasteiger partial charge < -0.3 is 9.73 Å². The summed E-state index contributed by atoms with van der Waals surface area (Å²) in [6.45, 7) is 4.83. The minimum atomic E-state index is -0.315. The Labute approximate surface area is 114 Å². The highest BCUT2D eigenvalue weighted by atomic mass is 79.9. The number of oxazole rings is 1. The van der Waals surface area contributed by atoms with E-state index >= 15 is 0 Å². The van der Waals surface area contributed by atoms with E-state index in [1.807, 2.05) is 13.8 Å². The maximum atomic E-state index is 13.4. The predicted octanol–water partition coefficient (Wildman–Crippen LogP) is 3.91. The molecule has 0 fully saturated rings. The van der Waals surface area contributed by atoms with Crippen molar-refractivity contribution in [3.63, 3.8) is 0 Å². The Hall–Kier alpha value is -1.20. The summed E-state index contributed by atoms with van der Waals surface area (Å²) in [7, 11) is 0.